The number of Topliss-reactive ketones (excluding diaryl/α,β-unsaturated/α-hetero) is 1. The molecule has 0 bridgehead atoms. The van der Waals surface area contributed by atoms with Crippen molar-refractivity contribution < 1.29 is 19.2 Å². The van der Waals surface area contributed by atoms with Crippen LogP contribution in [0.2, 0.25) is 0 Å². The third-order valence-corrected chi connectivity index (χ3v) is 1.65. The van der Waals surface area contributed by atoms with Gasteiger partial charge in [0.05, 0.1) is 0 Å². The molecule has 0 saturated heterocycles. The van der Waals surface area contributed by atoms with E-state index in [-0.39, 0.29) is 24.6 Å². The quantitative estimate of drug-likeness (QED) is 0.361. The molecule has 0 heterocycles. The second-order valence-corrected chi connectivity index (χ2v) is 3.21. The summed E-state index contributed by atoms with van der Waals surface area (Å²) in [5.74, 6) is -0.222. The molecule has 0 radical (unpaired) electrons. The lowest BCUT2D eigenvalue weighted by molar-refractivity contribution is -0.138. The lowest BCUT2D eigenvalue weighted by atomic mass is 10.1. The minimum absolute atomic E-state index is 0.114. The molecule has 0 aliphatic carbocycles. The molecule has 6 nitrogen and oxygen atoms in total. The molecule has 0 fully saturated rings. The van der Waals surface area contributed by atoms with E-state index in [1.165, 1.54) is 20.8 Å². The highest BCUT2D eigenvalue weighted by Crippen LogP contribution is 2.10. The molecule has 0 spiro atoms. The van der Waals surface area contributed by atoms with Gasteiger partial charge in [-0.3, -0.25) is 9.59 Å². The first-order valence-electron chi connectivity index (χ1n) is 4.15. The second kappa shape index (κ2) is 5.75. The Morgan fingerprint density at radius 1 is 1.60 bits per heavy atom. The molecule has 0 rings (SSSR count). The van der Waals surface area contributed by atoms with Crippen molar-refractivity contribution in [1.82, 2.24) is 0 Å². The number of nitriles is 1. The van der Waals surface area contributed by atoms with Crippen molar-refractivity contribution in [3.63, 3.8) is 0 Å². The Labute approximate surface area is 87.5 Å². The summed E-state index contributed by atoms with van der Waals surface area (Å²) in [6.07, 6.45) is 0. The predicted octanol–water partition coefficient (Wildman–Crippen LogP) is 0.423. The fourth-order valence-electron chi connectivity index (χ4n) is 0.425. The van der Waals surface area contributed by atoms with Crippen LogP contribution in [-0.2, 0) is 19.2 Å². The largest absolute Gasteiger partial charge is 0.460 e. The zero-order valence-corrected chi connectivity index (χ0v) is 8.81. The first-order chi connectivity index (χ1) is 6.94. The van der Waals surface area contributed by atoms with Crippen LogP contribution < -0.4 is 0 Å². The van der Waals surface area contributed by atoms with Gasteiger partial charge in [-0.15, -0.1) is 0 Å². The highest BCUT2D eigenvalue weighted by molar-refractivity contribution is 5.99. The smallest absolute Gasteiger partial charge is 0.293 e. The summed E-state index contributed by atoms with van der Waals surface area (Å²) in [5.41, 5.74) is -1.21. The molecular formula is C9H12N2O4. The van der Waals surface area contributed by atoms with Gasteiger partial charge in [0.2, 0.25) is 0 Å². The fraction of sp³-hybridized carbons (Fsp3) is 0.556. The van der Waals surface area contributed by atoms with Gasteiger partial charge in [-0.2, -0.15) is 5.26 Å². The van der Waals surface area contributed by atoms with Crippen LogP contribution in [-0.4, -0.2) is 30.2 Å². The van der Waals surface area contributed by atoms with E-state index in [0.717, 1.165) is 0 Å². The number of carbonyl (C=O) groups is 2. The van der Waals surface area contributed by atoms with Crippen molar-refractivity contribution in [3.05, 3.63) is 0 Å². The molecule has 0 amide bonds. The van der Waals surface area contributed by atoms with Crippen LogP contribution >= 0.6 is 0 Å². The van der Waals surface area contributed by atoms with E-state index in [0.29, 0.717) is 0 Å². The van der Waals surface area contributed by atoms with E-state index in [1.54, 1.807) is 6.07 Å². The Morgan fingerprint density at radius 2 is 2.20 bits per heavy atom. The Bertz CT molecular complexity index is 315. The molecule has 82 valence electrons. The lowest BCUT2D eigenvalue weighted by Crippen LogP contribution is -2.31. The van der Waals surface area contributed by atoms with E-state index >= 15 is 0 Å². The zero-order valence-electron chi connectivity index (χ0n) is 8.81. The number of rotatable bonds is 6. The van der Waals surface area contributed by atoms with Crippen molar-refractivity contribution in [3.8, 4) is 6.07 Å². The number of ketones is 1. The van der Waals surface area contributed by atoms with Crippen LogP contribution in [0.5, 0.6) is 0 Å². The van der Waals surface area contributed by atoms with Crippen LogP contribution in [0.1, 0.15) is 20.8 Å². The molecule has 6 heteroatoms. The van der Waals surface area contributed by atoms with Crippen molar-refractivity contribution in [2.45, 2.75) is 26.4 Å². The van der Waals surface area contributed by atoms with Crippen molar-refractivity contribution >= 4 is 18.0 Å². The topological polar surface area (TPSA) is 88.8 Å². The molecule has 0 aliphatic rings. The van der Waals surface area contributed by atoms with Crippen molar-refractivity contribution in [2.24, 2.45) is 5.16 Å². The number of ether oxygens (including phenoxy) is 1. The van der Waals surface area contributed by atoms with E-state index < -0.39 is 5.60 Å². The molecule has 15 heavy (non-hydrogen) atoms. The van der Waals surface area contributed by atoms with Gasteiger partial charge in [0, 0.05) is 0 Å². The van der Waals surface area contributed by atoms with Gasteiger partial charge in [0.1, 0.15) is 12.7 Å². The summed E-state index contributed by atoms with van der Waals surface area (Å²) in [4.78, 5) is 25.7. The van der Waals surface area contributed by atoms with E-state index in [4.69, 9.17) is 10.1 Å². The summed E-state index contributed by atoms with van der Waals surface area (Å²) < 4.78 is 4.31. The molecule has 0 aromatic rings. The van der Waals surface area contributed by atoms with Crippen LogP contribution in [0.15, 0.2) is 5.16 Å². The zero-order chi connectivity index (χ0) is 11.9. The molecular weight excluding hydrogens is 200 g/mol. The highest BCUT2D eigenvalue weighted by Gasteiger charge is 2.26. The molecule has 0 saturated carbocycles. The monoisotopic (exact) mass is 212 g/mol. The Balaban J connectivity index is 4.41. The maximum atomic E-state index is 11.0. The van der Waals surface area contributed by atoms with Gasteiger partial charge < -0.3 is 9.57 Å². The van der Waals surface area contributed by atoms with Crippen LogP contribution in [0.3, 0.4) is 0 Å². The number of nitrogens with zero attached hydrogens (tertiary/aromatic N) is 2. The number of hydrogen-bond acceptors (Lipinski definition) is 6. The third-order valence-electron chi connectivity index (χ3n) is 1.65. The highest BCUT2D eigenvalue weighted by atomic mass is 16.7. The van der Waals surface area contributed by atoms with Crippen molar-refractivity contribution in [2.75, 3.05) is 6.61 Å². The molecule has 0 N–H and O–H groups in total. The second-order valence-electron chi connectivity index (χ2n) is 3.21. The Morgan fingerprint density at radius 3 is 2.60 bits per heavy atom. The van der Waals surface area contributed by atoms with Gasteiger partial charge in [-0.1, -0.05) is 5.16 Å². The molecule has 0 aromatic carbocycles. The SMILES string of the molecule is CC(=O)C(C)(C)O/N=C(/C#N)COC=O. The average molecular weight is 212 g/mol. The number of carbonyl (C=O) groups excluding carboxylic acids is 2. The first kappa shape index (κ1) is 13.1. The number of oxime groups is 1. The van der Waals surface area contributed by atoms with Gasteiger partial charge in [0.25, 0.3) is 6.47 Å². The molecule has 0 unspecified atom stereocenters. The van der Waals surface area contributed by atoms with Crippen LogP contribution in [0, 0.1) is 11.3 Å². The summed E-state index contributed by atoms with van der Waals surface area (Å²) in [7, 11) is 0. The predicted molar refractivity (Wildman–Crippen MR) is 50.9 cm³/mol. The Hall–Kier alpha value is -1.90. The molecule has 0 aliphatic heterocycles. The third kappa shape index (κ3) is 4.76. The number of hydrogen-bond donors (Lipinski definition) is 0. The van der Waals surface area contributed by atoms with E-state index in [1.807, 2.05) is 0 Å². The van der Waals surface area contributed by atoms with E-state index in [2.05, 4.69) is 9.89 Å². The lowest BCUT2D eigenvalue weighted by Gasteiger charge is -2.18. The van der Waals surface area contributed by atoms with Gasteiger partial charge in [0.15, 0.2) is 17.1 Å². The minimum Gasteiger partial charge on any atom is -0.460 e. The first-order valence-corrected chi connectivity index (χ1v) is 4.15. The van der Waals surface area contributed by atoms with Gasteiger partial charge in [-0.25, -0.2) is 0 Å². The summed E-state index contributed by atoms with van der Waals surface area (Å²) >= 11 is 0. The van der Waals surface area contributed by atoms with Gasteiger partial charge in [-0.05, 0) is 20.8 Å². The van der Waals surface area contributed by atoms with Gasteiger partial charge >= 0.3 is 0 Å². The Kier molecular flexibility index (Phi) is 5.02. The summed E-state index contributed by atoms with van der Waals surface area (Å²) in [6.45, 7) is 4.32. The maximum absolute atomic E-state index is 11.0. The fourth-order valence-corrected chi connectivity index (χ4v) is 0.425. The van der Waals surface area contributed by atoms with Crippen LogP contribution in [0.4, 0.5) is 0 Å². The minimum atomic E-state index is -1.09. The summed E-state index contributed by atoms with van der Waals surface area (Å²) in [6, 6.07) is 1.68. The van der Waals surface area contributed by atoms with Crippen molar-refractivity contribution in [1.29, 1.82) is 5.26 Å². The van der Waals surface area contributed by atoms with Crippen LogP contribution in [0.25, 0.3) is 0 Å². The molecule has 0 aromatic heterocycles. The standard InChI is InChI=1S/C9H12N2O4/c1-7(13)9(2,3)15-11-8(4-10)5-14-6-12/h6H,5H2,1-3H3/b11-8-. The normalized spacial score (nSPS) is 11.5. The maximum Gasteiger partial charge on any atom is 0.293 e. The summed E-state index contributed by atoms with van der Waals surface area (Å²) in [5, 5.41) is 12.0. The average Bonchev–Trinajstić information content (AvgIpc) is 2.18. The van der Waals surface area contributed by atoms with E-state index in [9.17, 15) is 9.59 Å². The molecule has 0 atom stereocenters.